The molecule has 0 atom stereocenters. The first kappa shape index (κ1) is 22.1. The molecule has 1 aliphatic heterocycles. The van der Waals surface area contributed by atoms with Crippen LogP contribution in [0.2, 0.25) is 0 Å². The van der Waals surface area contributed by atoms with E-state index in [1.807, 2.05) is 18.7 Å². The molecular weight excluding hydrogens is 378 g/mol. The Morgan fingerprint density at radius 2 is 1.60 bits per heavy atom. The van der Waals surface area contributed by atoms with Crippen molar-refractivity contribution in [3.63, 3.8) is 0 Å². The van der Waals surface area contributed by atoms with Crippen LogP contribution in [0.5, 0.6) is 0 Å². The summed E-state index contributed by atoms with van der Waals surface area (Å²) in [6.07, 6.45) is 10.0. The van der Waals surface area contributed by atoms with Gasteiger partial charge in [-0.1, -0.05) is 0 Å². The van der Waals surface area contributed by atoms with Crippen molar-refractivity contribution in [1.82, 2.24) is 15.1 Å². The van der Waals surface area contributed by atoms with E-state index in [2.05, 4.69) is 10.2 Å². The number of carbonyl (C=O) groups is 2. The van der Waals surface area contributed by atoms with Crippen molar-refractivity contribution < 1.29 is 14.3 Å². The molecule has 5 fully saturated rings. The molecule has 4 aliphatic carbocycles. The topological polar surface area (TPSA) is 61.9 Å². The zero-order chi connectivity index (χ0) is 21.1. The van der Waals surface area contributed by atoms with Gasteiger partial charge in [-0.25, -0.2) is 0 Å². The molecule has 6 heteroatoms. The molecule has 170 valence electrons. The highest BCUT2D eigenvalue weighted by atomic mass is 16.5. The molecule has 2 amide bonds. The van der Waals surface area contributed by atoms with Crippen LogP contribution >= 0.6 is 0 Å². The largest absolute Gasteiger partial charge is 0.369 e. The Hall–Kier alpha value is -1.14. The third-order valence-corrected chi connectivity index (χ3v) is 7.94. The van der Waals surface area contributed by atoms with Crippen LogP contribution in [0.25, 0.3) is 0 Å². The minimum Gasteiger partial charge on any atom is -0.369 e. The van der Waals surface area contributed by atoms with Crippen LogP contribution in [0.1, 0.15) is 65.2 Å². The Balaban J connectivity index is 1.09. The number of ether oxygens (including phenoxy) is 1. The first-order valence-corrected chi connectivity index (χ1v) is 12.3. The molecule has 0 aromatic carbocycles. The van der Waals surface area contributed by atoms with Crippen LogP contribution < -0.4 is 5.32 Å². The average molecular weight is 420 g/mol. The fourth-order valence-corrected chi connectivity index (χ4v) is 6.99. The van der Waals surface area contributed by atoms with E-state index >= 15 is 0 Å². The summed E-state index contributed by atoms with van der Waals surface area (Å²) in [4.78, 5) is 29.1. The number of amides is 2. The monoisotopic (exact) mass is 419 g/mol. The Kier molecular flexibility index (Phi) is 7.03. The Bertz CT molecular complexity index is 578. The molecule has 0 aromatic heterocycles. The van der Waals surface area contributed by atoms with E-state index in [1.165, 1.54) is 38.5 Å². The third kappa shape index (κ3) is 5.56. The minimum atomic E-state index is 0.0911. The van der Waals surface area contributed by atoms with Crippen LogP contribution in [-0.4, -0.2) is 73.6 Å². The first-order chi connectivity index (χ1) is 14.4. The molecule has 1 saturated heterocycles. The van der Waals surface area contributed by atoms with Gasteiger partial charge >= 0.3 is 0 Å². The number of carbonyl (C=O) groups excluding carboxylic acids is 2. The van der Waals surface area contributed by atoms with Gasteiger partial charge in [-0.2, -0.15) is 0 Å². The minimum absolute atomic E-state index is 0.0911. The van der Waals surface area contributed by atoms with Gasteiger partial charge in [0, 0.05) is 39.1 Å². The molecule has 30 heavy (non-hydrogen) atoms. The lowest BCUT2D eigenvalue weighted by Gasteiger charge is -2.56. The van der Waals surface area contributed by atoms with E-state index in [-0.39, 0.29) is 24.5 Å². The highest BCUT2D eigenvalue weighted by Crippen LogP contribution is 2.61. The molecule has 4 bridgehead atoms. The highest BCUT2D eigenvalue weighted by Gasteiger charge is 2.51. The fourth-order valence-electron chi connectivity index (χ4n) is 6.99. The van der Waals surface area contributed by atoms with Crippen LogP contribution in [0.4, 0.5) is 0 Å². The smallest absolute Gasteiger partial charge is 0.248 e. The van der Waals surface area contributed by atoms with Gasteiger partial charge in [0.15, 0.2) is 0 Å². The number of hydrogen-bond donors (Lipinski definition) is 1. The number of rotatable bonds is 9. The predicted octanol–water partition coefficient (Wildman–Crippen LogP) is 2.67. The Morgan fingerprint density at radius 3 is 2.17 bits per heavy atom. The summed E-state index contributed by atoms with van der Waals surface area (Å²) in [5, 5.41) is 3.20. The average Bonchev–Trinajstić information content (AvgIpc) is 2.68. The zero-order valence-electron chi connectivity index (χ0n) is 19.0. The van der Waals surface area contributed by atoms with Crippen molar-refractivity contribution in [3.05, 3.63) is 0 Å². The van der Waals surface area contributed by atoms with Gasteiger partial charge in [0.2, 0.25) is 11.8 Å². The van der Waals surface area contributed by atoms with Gasteiger partial charge < -0.3 is 15.0 Å². The Morgan fingerprint density at radius 1 is 1.00 bits per heavy atom. The van der Waals surface area contributed by atoms with Gasteiger partial charge in [-0.3, -0.25) is 14.5 Å². The van der Waals surface area contributed by atoms with Crippen LogP contribution in [0, 0.1) is 23.2 Å². The van der Waals surface area contributed by atoms with E-state index in [4.69, 9.17) is 4.74 Å². The molecule has 0 aromatic rings. The van der Waals surface area contributed by atoms with Crippen LogP contribution in [-0.2, 0) is 14.3 Å². The third-order valence-electron chi connectivity index (χ3n) is 7.94. The van der Waals surface area contributed by atoms with E-state index in [0.29, 0.717) is 5.41 Å². The maximum absolute atomic E-state index is 12.6. The van der Waals surface area contributed by atoms with Gasteiger partial charge in [-0.15, -0.1) is 0 Å². The second-order valence-corrected chi connectivity index (χ2v) is 10.9. The molecular formula is C24H41N3O3. The lowest BCUT2D eigenvalue weighted by molar-refractivity contribution is -0.139. The van der Waals surface area contributed by atoms with Gasteiger partial charge in [0.25, 0.3) is 0 Å². The molecule has 1 heterocycles. The fraction of sp³-hybridized carbons (Fsp3) is 0.917. The van der Waals surface area contributed by atoms with Crippen molar-refractivity contribution in [3.8, 4) is 0 Å². The van der Waals surface area contributed by atoms with E-state index in [9.17, 15) is 9.59 Å². The SMILES string of the molecule is CC(C)OCC(=O)N1CCN(CCCNC(=O)CC23CC4CC(CC(C4)C2)C3)CC1. The molecule has 0 radical (unpaired) electrons. The number of piperazine rings is 1. The van der Waals surface area contributed by atoms with E-state index in [1.54, 1.807) is 0 Å². The van der Waals surface area contributed by atoms with Gasteiger partial charge in [0.05, 0.1) is 6.10 Å². The maximum atomic E-state index is 12.6. The van der Waals surface area contributed by atoms with Crippen LogP contribution in [0.15, 0.2) is 0 Å². The standard InChI is InChI=1S/C24H41N3O3/c1-18(2)30-17-23(29)27-8-6-26(7-9-27)5-3-4-25-22(28)16-24-13-19-10-20(14-24)12-21(11-19)15-24/h18-21H,3-17H2,1-2H3,(H,25,28). The maximum Gasteiger partial charge on any atom is 0.248 e. The van der Waals surface area contributed by atoms with Gasteiger partial charge in [-0.05, 0) is 88.5 Å². The van der Waals surface area contributed by atoms with Crippen LogP contribution in [0.3, 0.4) is 0 Å². The lowest BCUT2D eigenvalue weighted by atomic mass is 9.49. The highest BCUT2D eigenvalue weighted by molar-refractivity contribution is 5.77. The molecule has 1 N–H and O–H groups in total. The summed E-state index contributed by atoms with van der Waals surface area (Å²) in [5.41, 5.74) is 0.334. The molecule has 0 unspecified atom stereocenters. The van der Waals surface area contributed by atoms with E-state index < -0.39 is 0 Å². The molecule has 5 rings (SSSR count). The summed E-state index contributed by atoms with van der Waals surface area (Å²) < 4.78 is 5.43. The summed E-state index contributed by atoms with van der Waals surface area (Å²) >= 11 is 0. The van der Waals surface area contributed by atoms with Crippen molar-refractivity contribution in [2.75, 3.05) is 45.9 Å². The van der Waals surface area contributed by atoms with E-state index in [0.717, 1.165) is 69.9 Å². The second-order valence-electron chi connectivity index (χ2n) is 10.9. The summed E-state index contributed by atoms with van der Waals surface area (Å²) in [5.74, 6) is 3.10. The van der Waals surface area contributed by atoms with Crippen molar-refractivity contribution >= 4 is 11.8 Å². The van der Waals surface area contributed by atoms with Crippen molar-refractivity contribution in [2.24, 2.45) is 23.2 Å². The molecule has 5 aliphatic rings. The Labute approximate surface area is 182 Å². The summed E-state index contributed by atoms with van der Waals surface area (Å²) in [6, 6.07) is 0. The number of nitrogens with one attached hydrogen (secondary N) is 1. The number of nitrogens with zero attached hydrogens (tertiary/aromatic N) is 2. The summed E-state index contributed by atoms with van der Waals surface area (Å²) in [7, 11) is 0. The van der Waals surface area contributed by atoms with Crippen molar-refractivity contribution in [1.29, 1.82) is 0 Å². The molecule has 4 saturated carbocycles. The quantitative estimate of drug-likeness (QED) is 0.584. The normalized spacial score (nSPS) is 33.3. The second kappa shape index (κ2) is 9.56. The molecule has 6 nitrogen and oxygen atoms in total. The van der Waals surface area contributed by atoms with Crippen molar-refractivity contribution in [2.45, 2.75) is 71.3 Å². The molecule has 0 spiro atoms. The predicted molar refractivity (Wildman–Crippen MR) is 117 cm³/mol. The lowest BCUT2D eigenvalue weighted by Crippen LogP contribution is -2.50. The summed E-state index contributed by atoms with van der Waals surface area (Å²) in [6.45, 7) is 9.23. The van der Waals surface area contributed by atoms with Gasteiger partial charge in [0.1, 0.15) is 6.61 Å². The first-order valence-electron chi connectivity index (χ1n) is 12.3. The zero-order valence-corrected chi connectivity index (χ0v) is 19.0. The number of hydrogen-bond acceptors (Lipinski definition) is 4.